The third-order valence-electron chi connectivity index (χ3n) is 6.10. The van der Waals surface area contributed by atoms with E-state index in [9.17, 15) is 33.6 Å². The molecule has 1 atom stereocenters. The molecule has 0 radical (unpaired) electrons. The molecular weight excluding hydrogens is 692 g/mol. The number of hydrogen-bond donors (Lipinski definition) is 6. The summed E-state index contributed by atoms with van der Waals surface area (Å²) >= 11 is 0. The number of benzene rings is 1. The molecule has 0 aliphatic carbocycles. The Morgan fingerprint density at radius 2 is 1.48 bits per heavy atom. The van der Waals surface area contributed by atoms with Crippen LogP contribution < -0.4 is 27.0 Å². The predicted molar refractivity (Wildman–Crippen MR) is 210 cm³/mol. The molecule has 0 saturated heterocycles. The Bertz CT molecular complexity index is 1120. The number of urea groups is 1. The Morgan fingerprint density at radius 1 is 0.904 bits per heavy atom. The number of imide groups is 1. The molecular formula is C36H64N6O9S. The smallest absolute Gasteiger partial charge is 0.450 e. The first kappa shape index (κ1) is 56.6. The molecule has 1 unspecified atom stereocenters. The second-order valence-corrected chi connectivity index (χ2v) is 11.1. The zero-order chi connectivity index (χ0) is 40.0. The van der Waals surface area contributed by atoms with Gasteiger partial charge in [-0.1, -0.05) is 66.5 Å². The number of carbonyl (C=O) groups is 7. The van der Waals surface area contributed by atoms with Crippen LogP contribution in [-0.4, -0.2) is 78.4 Å². The van der Waals surface area contributed by atoms with Gasteiger partial charge in [-0.15, -0.1) is 12.8 Å². The summed E-state index contributed by atoms with van der Waals surface area (Å²) in [7, 11) is 0. The van der Waals surface area contributed by atoms with E-state index in [4.69, 9.17) is 10.8 Å². The summed E-state index contributed by atoms with van der Waals surface area (Å²) in [6, 6.07) is 6.23. The van der Waals surface area contributed by atoms with Gasteiger partial charge in [-0.3, -0.25) is 28.9 Å². The largest absolute Gasteiger partial charge is 0.506 e. The van der Waals surface area contributed by atoms with E-state index in [1.54, 1.807) is 24.3 Å². The molecule has 0 bridgehead atoms. The van der Waals surface area contributed by atoms with E-state index in [-0.39, 0.29) is 50.4 Å². The number of hydrogen-bond acceptors (Lipinski definition) is 8. The normalized spacial score (nSPS) is 9.58. The van der Waals surface area contributed by atoms with Gasteiger partial charge in [-0.05, 0) is 56.2 Å². The van der Waals surface area contributed by atoms with Gasteiger partial charge in [0, 0.05) is 37.7 Å². The average Bonchev–Trinajstić information content (AvgIpc) is 3.09. The number of nitrogens with two attached hydrogens (primary N) is 1. The minimum Gasteiger partial charge on any atom is -0.450 e. The lowest BCUT2D eigenvalue weighted by Gasteiger charge is -2.17. The van der Waals surface area contributed by atoms with Crippen molar-refractivity contribution in [2.45, 2.75) is 112 Å². The van der Waals surface area contributed by atoms with Crippen molar-refractivity contribution in [3.8, 4) is 12.8 Å². The monoisotopic (exact) mass is 756 g/mol. The van der Waals surface area contributed by atoms with E-state index < -0.39 is 12.2 Å². The molecule has 7 N–H and O–H groups in total. The van der Waals surface area contributed by atoms with Gasteiger partial charge >= 0.3 is 12.2 Å². The number of primary amides is 1. The highest BCUT2D eigenvalue weighted by atomic mass is 32.1. The standard InChI is InChI=1S/C16H30N2O3.C11H12N2O5.C4H10N2O.C3H8.C2H2.H2S/c1-5-9-16(21)18(12-19)11-8-6-7-10-15(20)17-14(4)13(2)3;14-7-12-5-10(15)13-9-3-1-8(2-4-9)6-18-11(16)17;1-2-3-6-4(5)7;1-3-2;1-2;/h12-14H,5-11H2,1-4H3,(H,17,20);1-4,7H,5-6H2,(H,12,14)(H,13,15)(H,16,17);2-3H2,1H3,(H3,5,6,7);3H2,1-2H3;1-2H;1H2. The number of carboxylic acid groups (broad SMARTS) is 1. The maximum Gasteiger partial charge on any atom is 0.506 e. The van der Waals surface area contributed by atoms with Gasteiger partial charge in [0.25, 0.3) is 0 Å². The first-order valence-electron chi connectivity index (χ1n) is 17.0. The number of carbonyl (C=O) groups excluding carboxylic acids is 6. The second-order valence-electron chi connectivity index (χ2n) is 11.1. The maximum atomic E-state index is 11.7. The lowest BCUT2D eigenvalue weighted by atomic mass is 10.1. The molecule has 16 heteroatoms. The van der Waals surface area contributed by atoms with Gasteiger partial charge in [0.05, 0.1) is 6.54 Å². The van der Waals surface area contributed by atoms with Crippen molar-refractivity contribution in [2.24, 2.45) is 11.7 Å². The lowest BCUT2D eigenvalue weighted by molar-refractivity contribution is -0.138. The number of amides is 7. The molecule has 1 aromatic carbocycles. The third kappa shape index (κ3) is 39.7. The number of unbranched alkanes of at least 4 members (excludes halogenated alkanes) is 2. The quantitative estimate of drug-likeness (QED) is 0.0488. The van der Waals surface area contributed by atoms with Crippen LogP contribution in [0.5, 0.6) is 0 Å². The van der Waals surface area contributed by atoms with Crippen molar-refractivity contribution in [1.29, 1.82) is 0 Å². The Morgan fingerprint density at radius 3 is 1.90 bits per heavy atom. The second kappa shape index (κ2) is 40.6. The summed E-state index contributed by atoms with van der Waals surface area (Å²) in [5.41, 5.74) is 5.94. The summed E-state index contributed by atoms with van der Waals surface area (Å²) in [4.78, 5) is 76.6. The molecule has 0 aromatic heterocycles. The highest BCUT2D eigenvalue weighted by Crippen LogP contribution is 2.10. The van der Waals surface area contributed by atoms with Crippen molar-refractivity contribution in [3.63, 3.8) is 0 Å². The number of nitrogens with one attached hydrogen (secondary N) is 4. The molecule has 0 saturated carbocycles. The van der Waals surface area contributed by atoms with E-state index in [2.05, 4.69) is 66.5 Å². The van der Waals surface area contributed by atoms with Gasteiger partial charge in [-0.25, -0.2) is 9.59 Å². The highest BCUT2D eigenvalue weighted by molar-refractivity contribution is 7.59. The zero-order valence-corrected chi connectivity index (χ0v) is 33.0. The van der Waals surface area contributed by atoms with Crippen LogP contribution in [0.15, 0.2) is 24.3 Å². The van der Waals surface area contributed by atoms with Crippen LogP contribution in [0.2, 0.25) is 0 Å². The summed E-state index contributed by atoms with van der Waals surface area (Å²) in [5, 5.41) is 18.5. The Labute approximate surface area is 317 Å². The van der Waals surface area contributed by atoms with Gasteiger partial charge in [0.1, 0.15) is 6.61 Å². The minimum atomic E-state index is -1.34. The summed E-state index contributed by atoms with van der Waals surface area (Å²) in [6.07, 6.45) is 13.9. The SMILES string of the molecule is C#C.CCC.CCCC(=O)N(C=O)CCCCCC(=O)NC(C)C(C)C.CCCNC(N)=O.O=CNCC(=O)Nc1ccc(COC(=O)O)cc1.S. The van der Waals surface area contributed by atoms with Crippen LogP contribution in [0.3, 0.4) is 0 Å². The number of ether oxygens (including phenoxy) is 1. The molecule has 1 aromatic rings. The number of nitrogens with zero attached hydrogens (tertiary/aromatic N) is 1. The fourth-order valence-corrected chi connectivity index (χ4v) is 3.25. The summed E-state index contributed by atoms with van der Waals surface area (Å²) < 4.78 is 4.38. The van der Waals surface area contributed by atoms with E-state index in [1.165, 1.54) is 11.3 Å². The molecule has 52 heavy (non-hydrogen) atoms. The molecule has 0 spiro atoms. The summed E-state index contributed by atoms with van der Waals surface area (Å²) in [6.45, 7) is 15.3. The molecule has 7 amide bonds. The van der Waals surface area contributed by atoms with Crippen molar-refractivity contribution in [3.05, 3.63) is 29.8 Å². The van der Waals surface area contributed by atoms with Gasteiger partial charge in [0.15, 0.2) is 0 Å². The number of anilines is 1. The molecule has 298 valence electrons. The van der Waals surface area contributed by atoms with Gasteiger partial charge < -0.3 is 36.8 Å². The maximum absolute atomic E-state index is 11.7. The van der Waals surface area contributed by atoms with Crippen molar-refractivity contribution in [2.75, 3.05) is 25.0 Å². The Kier molecular flexibility index (Phi) is 44.2. The van der Waals surface area contributed by atoms with Crippen LogP contribution in [0.1, 0.15) is 105 Å². The van der Waals surface area contributed by atoms with E-state index in [0.29, 0.717) is 55.9 Å². The lowest BCUT2D eigenvalue weighted by Crippen LogP contribution is -2.35. The average molecular weight is 757 g/mol. The van der Waals surface area contributed by atoms with Gasteiger partial charge in [0.2, 0.25) is 30.5 Å². The minimum absolute atomic E-state index is 0. The highest BCUT2D eigenvalue weighted by Gasteiger charge is 2.12. The van der Waals surface area contributed by atoms with Crippen molar-refractivity contribution >= 4 is 61.9 Å². The van der Waals surface area contributed by atoms with Crippen molar-refractivity contribution in [1.82, 2.24) is 20.9 Å². The fourth-order valence-electron chi connectivity index (χ4n) is 3.25. The number of terminal acetylenes is 1. The topological polar surface area (TPSA) is 226 Å². The molecule has 0 heterocycles. The van der Waals surface area contributed by atoms with E-state index in [0.717, 1.165) is 32.1 Å². The van der Waals surface area contributed by atoms with Crippen LogP contribution in [0.4, 0.5) is 15.3 Å². The zero-order valence-electron chi connectivity index (χ0n) is 32.0. The first-order chi connectivity index (χ1) is 24.2. The van der Waals surface area contributed by atoms with Crippen LogP contribution >= 0.6 is 13.5 Å². The Balaban J connectivity index is -0.000000214. The number of rotatable bonds is 19. The molecule has 1 rings (SSSR count). The molecule has 0 aliphatic heterocycles. The third-order valence-corrected chi connectivity index (χ3v) is 6.10. The van der Waals surface area contributed by atoms with E-state index in [1.807, 2.05) is 20.8 Å². The molecule has 0 fully saturated rings. The van der Waals surface area contributed by atoms with Crippen LogP contribution in [0.25, 0.3) is 0 Å². The van der Waals surface area contributed by atoms with Crippen molar-refractivity contribution < 1.29 is 43.4 Å². The predicted octanol–water partition coefficient (Wildman–Crippen LogP) is 4.90. The fraction of sp³-hybridized carbons (Fsp3) is 0.583. The summed E-state index contributed by atoms with van der Waals surface area (Å²) in [5.74, 6) is 0.0396. The van der Waals surface area contributed by atoms with E-state index >= 15 is 0 Å². The first-order valence-corrected chi connectivity index (χ1v) is 17.0. The molecule has 15 nitrogen and oxygen atoms in total. The Hall–Kier alpha value is -4.78. The van der Waals surface area contributed by atoms with Gasteiger partial charge in [-0.2, -0.15) is 13.5 Å². The van der Waals surface area contributed by atoms with Crippen LogP contribution in [0, 0.1) is 18.8 Å². The molecule has 0 aliphatic rings. The van der Waals surface area contributed by atoms with Crippen LogP contribution in [-0.2, 0) is 35.3 Å².